The van der Waals surface area contributed by atoms with Crippen molar-refractivity contribution in [1.82, 2.24) is 0 Å². The van der Waals surface area contributed by atoms with E-state index < -0.39 is 17.2 Å². The summed E-state index contributed by atoms with van der Waals surface area (Å²) in [6.45, 7) is 0.822. The number of hydrogen-bond acceptors (Lipinski definition) is 4. The van der Waals surface area contributed by atoms with Gasteiger partial charge in [-0.05, 0) is 12.8 Å². The fourth-order valence-electron chi connectivity index (χ4n) is 3.44. The van der Waals surface area contributed by atoms with Crippen molar-refractivity contribution in [3.8, 4) is 17.2 Å². The third kappa shape index (κ3) is 2.17. The highest BCUT2D eigenvalue weighted by atomic mass is 19.1. The van der Waals surface area contributed by atoms with E-state index in [4.69, 9.17) is 14.2 Å². The number of benzene rings is 1. The molecule has 0 spiro atoms. The van der Waals surface area contributed by atoms with Gasteiger partial charge in [0.05, 0.1) is 25.9 Å². The highest BCUT2D eigenvalue weighted by Crippen LogP contribution is 2.53. The minimum atomic E-state index is -1.18. The van der Waals surface area contributed by atoms with Crippen molar-refractivity contribution in [2.75, 3.05) is 20.3 Å². The van der Waals surface area contributed by atoms with Gasteiger partial charge in [0.15, 0.2) is 23.1 Å². The number of ether oxygens (including phenoxy) is 3. The largest absolute Gasteiger partial charge is 0.493 e. The first-order valence-corrected chi connectivity index (χ1v) is 7.50. The van der Waals surface area contributed by atoms with Gasteiger partial charge in [0.25, 0.3) is 0 Å². The molecule has 1 aliphatic carbocycles. The zero-order valence-electron chi connectivity index (χ0n) is 12.5. The molecule has 6 heteroatoms. The van der Waals surface area contributed by atoms with Crippen LogP contribution in [0.15, 0.2) is 6.07 Å². The quantitative estimate of drug-likeness (QED) is 0.930. The van der Waals surface area contributed by atoms with Gasteiger partial charge in [-0.1, -0.05) is 12.8 Å². The summed E-state index contributed by atoms with van der Waals surface area (Å²) in [6, 6.07) is 1.22. The highest BCUT2D eigenvalue weighted by Gasteiger charge is 2.48. The van der Waals surface area contributed by atoms with E-state index in [-0.39, 0.29) is 17.1 Å². The Kier molecular flexibility index (Phi) is 3.85. The van der Waals surface area contributed by atoms with Gasteiger partial charge in [-0.2, -0.15) is 0 Å². The van der Waals surface area contributed by atoms with Gasteiger partial charge in [-0.3, -0.25) is 4.79 Å². The van der Waals surface area contributed by atoms with Crippen LogP contribution in [0.3, 0.4) is 0 Å². The molecule has 1 aromatic rings. The second kappa shape index (κ2) is 5.66. The van der Waals surface area contributed by atoms with E-state index in [2.05, 4.69) is 0 Å². The van der Waals surface area contributed by atoms with E-state index in [1.807, 2.05) is 0 Å². The zero-order chi connectivity index (χ0) is 15.7. The maximum absolute atomic E-state index is 14.4. The minimum Gasteiger partial charge on any atom is -0.493 e. The predicted molar refractivity (Wildman–Crippen MR) is 76.3 cm³/mol. The zero-order valence-corrected chi connectivity index (χ0v) is 12.5. The Bertz CT molecular complexity index is 593. The van der Waals surface area contributed by atoms with Gasteiger partial charge in [0.2, 0.25) is 0 Å². The van der Waals surface area contributed by atoms with Crippen LogP contribution >= 0.6 is 0 Å². The lowest BCUT2D eigenvalue weighted by Gasteiger charge is -2.29. The van der Waals surface area contributed by atoms with Crippen LogP contribution in [-0.2, 0) is 10.2 Å². The van der Waals surface area contributed by atoms with Crippen LogP contribution in [-0.4, -0.2) is 31.4 Å². The third-order valence-electron chi connectivity index (χ3n) is 4.49. The molecule has 0 atom stereocenters. The molecule has 0 amide bonds. The number of methoxy groups -OCH3 is 1. The maximum atomic E-state index is 14.4. The molecule has 0 bridgehead atoms. The highest BCUT2D eigenvalue weighted by molar-refractivity contribution is 5.85. The van der Waals surface area contributed by atoms with Crippen molar-refractivity contribution in [2.45, 2.75) is 37.5 Å². The molecular weight excluding hydrogens is 291 g/mol. The Labute approximate surface area is 128 Å². The van der Waals surface area contributed by atoms with Crippen molar-refractivity contribution in [1.29, 1.82) is 0 Å². The number of carboxylic acids is 1. The van der Waals surface area contributed by atoms with Crippen molar-refractivity contribution in [3.63, 3.8) is 0 Å². The van der Waals surface area contributed by atoms with Gasteiger partial charge >= 0.3 is 5.97 Å². The van der Waals surface area contributed by atoms with E-state index in [0.29, 0.717) is 38.2 Å². The third-order valence-corrected chi connectivity index (χ3v) is 4.49. The predicted octanol–water partition coefficient (Wildman–Crippen LogP) is 2.89. The van der Waals surface area contributed by atoms with Crippen LogP contribution < -0.4 is 14.2 Å². The molecule has 1 aromatic carbocycles. The summed E-state index contributed by atoms with van der Waals surface area (Å²) in [4.78, 5) is 12.0. The topological polar surface area (TPSA) is 65.0 Å². The normalized spacial score (nSPS) is 19.5. The molecule has 1 heterocycles. The van der Waals surface area contributed by atoms with Crippen LogP contribution in [0, 0.1) is 5.82 Å². The molecule has 2 aliphatic rings. The molecule has 0 radical (unpaired) electrons. The number of hydrogen-bond donors (Lipinski definition) is 1. The molecule has 1 aliphatic heterocycles. The molecular formula is C16H19FO5. The van der Waals surface area contributed by atoms with E-state index in [9.17, 15) is 14.3 Å². The number of halogens is 1. The lowest BCUT2D eigenvalue weighted by molar-refractivity contribution is -0.143. The summed E-state index contributed by atoms with van der Waals surface area (Å²) in [6.07, 6.45) is 3.11. The molecule has 3 rings (SSSR count). The van der Waals surface area contributed by atoms with Gasteiger partial charge in [0, 0.05) is 12.5 Å². The monoisotopic (exact) mass is 310 g/mol. The lowest BCUT2D eigenvalue weighted by atomic mass is 9.77. The smallest absolute Gasteiger partial charge is 0.314 e. The van der Waals surface area contributed by atoms with E-state index in [1.54, 1.807) is 0 Å². The van der Waals surface area contributed by atoms with Crippen molar-refractivity contribution in [3.05, 3.63) is 17.4 Å². The molecule has 1 fully saturated rings. The van der Waals surface area contributed by atoms with Gasteiger partial charge in [-0.15, -0.1) is 0 Å². The number of fused-ring (bicyclic) bond motifs is 1. The Morgan fingerprint density at radius 3 is 2.59 bits per heavy atom. The van der Waals surface area contributed by atoms with Crippen LogP contribution in [0.4, 0.5) is 4.39 Å². The van der Waals surface area contributed by atoms with Gasteiger partial charge in [0.1, 0.15) is 5.41 Å². The first-order chi connectivity index (χ1) is 10.6. The fourth-order valence-corrected chi connectivity index (χ4v) is 3.44. The summed E-state index contributed by atoms with van der Waals surface area (Å²) in [5.74, 6) is -1.05. The van der Waals surface area contributed by atoms with E-state index in [1.165, 1.54) is 13.2 Å². The average Bonchev–Trinajstić information content (AvgIpc) is 2.88. The number of aliphatic carboxylic acids is 1. The molecule has 1 saturated carbocycles. The second-order valence-corrected chi connectivity index (χ2v) is 5.74. The molecule has 22 heavy (non-hydrogen) atoms. The fraction of sp³-hybridized carbons (Fsp3) is 0.562. The van der Waals surface area contributed by atoms with Crippen LogP contribution in [0.2, 0.25) is 0 Å². The summed E-state index contributed by atoms with van der Waals surface area (Å²) in [5, 5.41) is 9.83. The van der Waals surface area contributed by atoms with Gasteiger partial charge in [-0.25, -0.2) is 4.39 Å². The Morgan fingerprint density at radius 2 is 1.95 bits per heavy atom. The van der Waals surface area contributed by atoms with Gasteiger partial charge < -0.3 is 19.3 Å². The van der Waals surface area contributed by atoms with E-state index in [0.717, 1.165) is 12.8 Å². The summed E-state index contributed by atoms with van der Waals surface area (Å²) in [7, 11) is 1.34. The second-order valence-electron chi connectivity index (χ2n) is 5.74. The summed E-state index contributed by atoms with van der Waals surface area (Å²) < 4.78 is 30.9. The first kappa shape index (κ1) is 14.9. The standard InChI is InChI=1S/C16H19FO5/c1-20-13-10(17)9-11-14(22-8-4-7-21-11)12(13)16(15(18)19)5-2-3-6-16/h9H,2-8H2,1H3,(H,18,19). The molecule has 1 N–H and O–H groups in total. The SMILES string of the molecule is COc1c(F)cc2c(c1C1(C(=O)O)CCCC1)OCCCO2. The van der Waals surface area contributed by atoms with Crippen molar-refractivity contribution < 1.29 is 28.5 Å². The molecule has 0 aromatic heterocycles. The van der Waals surface area contributed by atoms with E-state index >= 15 is 0 Å². The summed E-state index contributed by atoms with van der Waals surface area (Å²) >= 11 is 0. The maximum Gasteiger partial charge on any atom is 0.314 e. The van der Waals surface area contributed by atoms with Crippen LogP contribution in [0.5, 0.6) is 17.2 Å². The van der Waals surface area contributed by atoms with Crippen LogP contribution in [0.1, 0.15) is 37.7 Å². The van der Waals surface area contributed by atoms with Crippen molar-refractivity contribution in [2.24, 2.45) is 0 Å². The van der Waals surface area contributed by atoms with Crippen molar-refractivity contribution >= 4 is 5.97 Å². The Hall–Kier alpha value is -1.98. The molecule has 0 unspecified atom stereocenters. The number of rotatable bonds is 3. The summed E-state index contributed by atoms with van der Waals surface area (Å²) in [5.41, 5.74) is -0.887. The lowest BCUT2D eigenvalue weighted by Crippen LogP contribution is -2.34. The molecule has 0 saturated heterocycles. The molecule has 120 valence electrons. The Morgan fingerprint density at radius 1 is 1.27 bits per heavy atom. The first-order valence-electron chi connectivity index (χ1n) is 7.50. The molecule has 5 nitrogen and oxygen atoms in total. The minimum absolute atomic E-state index is 0.0476. The number of carbonyl (C=O) groups is 1. The van der Waals surface area contributed by atoms with Crippen LogP contribution in [0.25, 0.3) is 0 Å². The average molecular weight is 310 g/mol. The number of carboxylic acid groups (broad SMARTS) is 1. The Balaban J connectivity index is 2.28.